The summed E-state index contributed by atoms with van der Waals surface area (Å²) in [5, 5.41) is 33.6. The van der Waals surface area contributed by atoms with E-state index in [4.69, 9.17) is 32.4 Å². The Morgan fingerprint density at radius 3 is 1.64 bits per heavy atom. The molecule has 5 aliphatic carbocycles. The number of allylic oxidation sites excluding steroid dienone is 7. The fourth-order valence-corrected chi connectivity index (χ4v) is 23.7. The maximum Gasteiger partial charge on any atom is 0.0133 e. The van der Waals surface area contributed by atoms with Crippen LogP contribution in [0.15, 0.2) is 114 Å². The third-order valence-corrected chi connectivity index (χ3v) is 29.0. The molecule has 2 heteroatoms. The van der Waals surface area contributed by atoms with E-state index < -0.39 is 0 Å². The number of hydrogen-bond donors (Lipinski definition) is 1. The summed E-state index contributed by atoms with van der Waals surface area (Å²) < 4.78 is 0. The highest BCUT2D eigenvalue weighted by Gasteiger charge is 2.42. The first-order valence-corrected chi connectivity index (χ1v) is 46.1. The predicted octanol–water partition coefficient (Wildman–Crippen LogP) is 32.9. The second-order valence-electron chi connectivity index (χ2n) is 45.3. The van der Waals surface area contributed by atoms with E-state index in [1.165, 1.54) is 250 Å². The number of thioether (sulfide) groups is 1. The number of rotatable bonds is 7. The molecular formula is C116H130S2. The molecule has 18 rings (SSSR count). The zero-order valence-corrected chi connectivity index (χ0v) is 79.0. The Hall–Kier alpha value is -8.40. The van der Waals surface area contributed by atoms with Gasteiger partial charge in [0.1, 0.15) is 0 Å². The van der Waals surface area contributed by atoms with Crippen molar-refractivity contribution in [3.8, 4) is 0 Å². The topological polar surface area (TPSA) is 0 Å². The molecule has 0 aliphatic heterocycles. The molecule has 13 aromatic rings. The maximum atomic E-state index is 6.42. The Morgan fingerprint density at radius 2 is 1.08 bits per heavy atom. The normalized spacial score (nSPS) is 17.8. The molecule has 2 unspecified atom stereocenters. The van der Waals surface area contributed by atoms with Crippen LogP contribution in [-0.2, 0) is 34.5 Å². The van der Waals surface area contributed by atoms with Gasteiger partial charge in [-0.1, -0.05) is 297 Å². The monoisotopic (exact) mass is 1590 g/mol. The smallest absolute Gasteiger partial charge is 0.0133 e. The van der Waals surface area contributed by atoms with Gasteiger partial charge in [-0.05, 0) is 377 Å². The Bertz CT molecular complexity index is 7080. The van der Waals surface area contributed by atoms with Crippen LogP contribution in [0.5, 0.6) is 0 Å². The van der Waals surface area contributed by atoms with Crippen molar-refractivity contribution in [3.63, 3.8) is 0 Å². The van der Waals surface area contributed by atoms with E-state index in [0.717, 1.165) is 37.0 Å². The Labute approximate surface area is 715 Å². The number of hydrogen-bond acceptors (Lipinski definition) is 2. The van der Waals surface area contributed by atoms with Gasteiger partial charge in [-0.3, -0.25) is 0 Å². The minimum Gasteiger partial charge on any atom is -0.143 e. The third kappa shape index (κ3) is 12.4. The van der Waals surface area contributed by atoms with Crippen molar-refractivity contribution in [1.82, 2.24) is 0 Å². The molecule has 0 fully saturated rings. The van der Waals surface area contributed by atoms with Crippen LogP contribution in [0.1, 0.15) is 321 Å². The van der Waals surface area contributed by atoms with Crippen molar-refractivity contribution in [1.29, 1.82) is 0 Å². The summed E-state index contributed by atoms with van der Waals surface area (Å²) in [6, 6.07) is 26.3. The zero-order chi connectivity index (χ0) is 85.3. The van der Waals surface area contributed by atoms with Crippen LogP contribution < -0.4 is 15.7 Å². The number of benzene rings is 13. The minimum absolute atomic E-state index is 0.0349. The van der Waals surface area contributed by atoms with Crippen molar-refractivity contribution >= 4 is 203 Å². The first-order valence-electron chi connectivity index (χ1n) is 44.4. The first-order chi connectivity index (χ1) is 55.0. The molecule has 13 aromatic carbocycles. The molecule has 0 radical (unpaired) electrons. The molecule has 2 atom stereocenters. The molecule has 0 aromatic heterocycles. The lowest BCUT2D eigenvalue weighted by Gasteiger charge is -2.37. The Balaban J connectivity index is 1.22. The standard InChI is InChI=1S/C116H130S2/c1-34-61(59(6)7)44-64-43-60(8)63-39-41-73-76(46-63)79-52-68(114(24,25)26)51-78-71(37-4)92-86(58-111(15,16)17)81-54-69(115(27,28)29)53-80-85(57-110(12,13)14)89-62(35-2)45-65(90-96(73)104(94(78)79)105(92)106(95(80)81)102(89)90)47-87(117)101-88(118-33)55-83-98-93-75(64)49-67(113(21,22)23)50-77(93)70(36-3)91-84(56-109(9,10)11)72(38-5)100-107(103(91)98)97(99(83)101)74-42-40-66(112(18,19)20)48-82(74)108(100)116(30,31)32/h34-39,41,44-54,56,58-60,85,117H,2-4,40,42-43,55,57H2,1,5-33H3/b61-34+,64-44+,72-38-,84-56?,86-58?,87-47?. The molecule has 0 saturated heterocycles. The SMILES string of the molecule is C=Cc1cc2c3c4c1C(CC(C)(C)C)c1cc(C(C)(C)C)cc5c(=CC(C)(C)C)c6c(C=C)c7cc(C(C)(C)C)cc8c9cc(ccc9c3c(c78)c6c4c15)C(C)C/C(=C\C(=C/C)C(C)C)c1cc(C(C)(C)C)cc3c(C=C)c4c(=CC(C)(C)C)/c(=C/C)c5c(C(C)(C)C)c6c(c7c8c(c(c13)c4c75)CC(SC)=C8C(S)=C2)CCC(C(C)(C)C)=C6. The fourth-order valence-electron chi connectivity index (χ4n) is 22.5. The van der Waals surface area contributed by atoms with E-state index in [-0.39, 0.29) is 61.1 Å². The lowest BCUT2D eigenvalue weighted by molar-refractivity contribution is 0.358. The van der Waals surface area contributed by atoms with Gasteiger partial charge in [0.2, 0.25) is 0 Å². The molecule has 118 heavy (non-hydrogen) atoms. The van der Waals surface area contributed by atoms with Crippen molar-refractivity contribution in [2.45, 2.75) is 266 Å². The lowest BCUT2D eigenvalue weighted by atomic mass is 9.66. The van der Waals surface area contributed by atoms with Crippen molar-refractivity contribution in [2.24, 2.45) is 27.6 Å². The van der Waals surface area contributed by atoms with E-state index in [9.17, 15) is 0 Å². The molecule has 0 N–H and O–H groups in total. The number of fused-ring (bicyclic) bond motifs is 5. The highest BCUT2D eigenvalue weighted by atomic mass is 32.2. The van der Waals surface area contributed by atoms with E-state index in [1.807, 2.05) is 11.8 Å². The van der Waals surface area contributed by atoms with E-state index in [0.29, 0.717) is 0 Å². The average Bonchev–Trinajstić information content (AvgIpc) is 0.789. The summed E-state index contributed by atoms with van der Waals surface area (Å²) in [6.45, 7) is 85.4. The van der Waals surface area contributed by atoms with Crippen molar-refractivity contribution in [2.75, 3.05) is 6.26 Å². The van der Waals surface area contributed by atoms with Crippen LogP contribution in [0.25, 0.3) is 178 Å². The molecule has 606 valence electrons. The first kappa shape index (κ1) is 81.9. The molecule has 0 nitrogen and oxygen atoms in total. The Kier molecular flexibility index (Phi) is 18.8. The quantitative estimate of drug-likeness (QED) is 0.0943. The van der Waals surface area contributed by atoms with Gasteiger partial charge in [-0.15, -0.1) is 24.4 Å². The minimum atomic E-state index is -0.268. The van der Waals surface area contributed by atoms with Crippen LogP contribution in [0.2, 0.25) is 0 Å². The molecule has 0 heterocycles. The summed E-state index contributed by atoms with van der Waals surface area (Å²) in [6.07, 6.45) is 31.7. The molecule has 0 amide bonds. The molecule has 8 bridgehead atoms. The summed E-state index contributed by atoms with van der Waals surface area (Å²) in [5.41, 5.74) is 25.7. The highest BCUT2D eigenvalue weighted by molar-refractivity contribution is 8.02. The molecule has 5 aliphatic rings. The second-order valence-corrected chi connectivity index (χ2v) is 46.7. The summed E-state index contributed by atoms with van der Waals surface area (Å²) in [7, 11) is 0. The van der Waals surface area contributed by atoms with Crippen molar-refractivity contribution in [3.05, 3.63) is 218 Å². The molecular weight excluding hydrogens is 1460 g/mol. The van der Waals surface area contributed by atoms with Crippen LogP contribution in [0.4, 0.5) is 0 Å². The van der Waals surface area contributed by atoms with Crippen LogP contribution in [0, 0.1) is 27.6 Å². The van der Waals surface area contributed by atoms with Crippen LogP contribution in [0.3, 0.4) is 0 Å². The van der Waals surface area contributed by atoms with Gasteiger partial charge in [0, 0.05) is 22.8 Å². The molecule has 0 saturated carbocycles. The Morgan fingerprint density at radius 1 is 0.508 bits per heavy atom. The number of aryl methyl sites for hydroxylation is 1. The highest BCUT2D eigenvalue weighted by Crippen LogP contribution is 2.63. The average molecular weight is 1590 g/mol. The van der Waals surface area contributed by atoms with E-state index in [1.54, 1.807) is 0 Å². The predicted molar refractivity (Wildman–Crippen MR) is 538 cm³/mol. The lowest BCUT2D eigenvalue weighted by Crippen LogP contribution is -2.33. The van der Waals surface area contributed by atoms with Gasteiger partial charge in [-0.25, -0.2) is 0 Å². The van der Waals surface area contributed by atoms with E-state index in [2.05, 4.69) is 328 Å². The van der Waals surface area contributed by atoms with Crippen LogP contribution in [-0.4, -0.2) is 6.26 Å². The number of thiol groups is 1. The third-order valence-electron chi connectivity index (χ3n) is 27.8. The van der Waals surface area contributed by atoms with Crippen molar-refractivity contribution < 1.29 is 0 Å². The van der Waals surface area contributed by atoms with Crippen LogP contribution >= 0.6 is 24.4 Å². The van der Waals surface area contributed by atoms with Gasteiger partial charge in [0.05, 0.1) is 0 Å². The largest absolute Gasteiger partial charge is 0.143 e. The zero-order valence-electron chi connectivity index (χ0n) is 77.3. The van der Waals surface area contributed by atoms with Gasteiger partial charge in [0.25, 0.3) is 0 Å². The van der Waals surface area contributed by atoms with Gasteiger partial charge in [-0.2, -0.15) is 0 Å². The van der Waals surface area contributed by atoms with Gasteiger partial charge >= 0.3 is 0 Å². The maximum absolute atomic E-state index is 6.42. The summed E-state index contributed by atoms with van der Waals surface area (Å²) in [4.78, 5) is 2.36. The second kappa shape index (κ2) is 27.0. The van der Waals surface area contributed by atoms with Gasteiger partial charge < -0.3 is 0 Å². The summed E-state index contributed by atoms with van der Waals surface area (Å²) >= 11 is 8.37. The van der Waals surface area contributed by atoms with Gasteiger partial charge in [0.15, 0.2) is 0 Å². The molecule has 0 spiro atoms. The van der Waals surface area contributed by atoms with E-state index >= 15 is 0 Å². The fraction of sp³-hybridized carbons (Fsp3) is 0.397. The summed E-state index contributed by atoms with van der Waals surface area (Å²) in [5.74, 6) is 0.394.